The van der Waals surface area contributed by atoms with Crippen LogP contribution >= 0.6 is 0 Å². The fourth-order valence-corrected chi connectivity index (χ4v) is 2.84. The maximum absolute atomic E-state index is 12.7. The molecule has 0 atom stereocenters. The molecule has 0 saturated carbocycles. The SMILES string of the molecule is Cn1c(C(F)(F)F)nn(CCNC(=O)NCc2cccc3ccccc23)c1=O. The zero-order valence-electron chi connectivity index (χ0n) is 15.0. The molecule has 28 heavy (non-hydrogen) atoms. The van der Waals surface area contributed by atoms with Crippen LogP contribution in [-0.4, -0.2) is 26.9 Å². The lowest BCUT2D eigenvalue weighted by molar-refractivity contribution is -0.147. The minimum absolute atomic E-state index is 0.0460. The first-order valence-corrected chi connectivity index (χ1v) is 8.47. The number of alkyl halides is 3. The molecule has 0 aliphatic rings. The van der Waals surface area contributed by atoms with Gasteiger partial charge in [-0.3, -0.25) is 4.57 Å². The van der Waals surface area contributed by atoms with E-state index in [-0.39, 0.29) is 19.6 Å². The Kier molecular flexibility index (Phi) is 5.39. The molecule has 2 amide bonds. The summed E-state index contributed by atoms with van der Waals surface area (Å²) in [4.78, 5) is 23.7. The molecule has 3 aromatic rings. The number of hydrogen-bond donors (Lipinski definition) is 2. The van der Waals surface area contributed by atoms with Crippen molar-refractivity contribution in [2.75, 3.05) is 6.54 Å². The van der Waals surface area contributed by atoms with Gasteiger partial charge >= 0.3 is 17.9 Å². The largest absolute Gasteiger partial charge is 0.451 e. The van der Waals surface area contributed by atoms with E-state index in [1.165, 1.54) is 0 Å². The van der Waals surface area contributed by atoms with Gasteiger partial charge in [-0.1, -0.05) is 42.5 Å². The van der Waals surface area contributed by atoms with Crippen molar-refractivity contribution in [3.8, 4) is 0 Å². The van der Waals surface area contributed by atoms with Crippen LogP contribution in [0.15, 0.2) is 47.3 Å². The Morgan fingerprint density at radius 3 is 2.54 bits per heavy atom. The summed E-state index contributed by atoms with van der Waals surface area (Å²) in [5.74, 6) is -1.28. The van der Waals surface area contributed by atoms with Gasteiger partial charge in [0.1, 0.15) is 0 Å². The summed E-state index contributed by atoms with van der Waals surface area (Å²) in [6.45, 7) is 0.0645. The molecule has 2 aromatic carbocycles. The molecule has 0 fully saturated rings. The van der Waals surface area contributed by atoms with E-state index >= 15 is 0 Å². The molecular formula is C18H18F3N5O2. The van der Waals surface area contributed by atoms with Crippen LogP contribution in [0.1, 0.15) is 11.4 Å². The number of fused-ring (bicyclic) bond motifs is 1. The topological polar surface area (TPSA) is 81.0 Å². The van der Waals surface area contributed by atoms with Gasteiger partial charge in [0.15, 0.2) is 0 Å². The molecule has 0 radical (unpaired) electrons. The second-order valence-electron chi connectivity index (χ2n) is 6.13. The molecule has 2 N–H and O–H groups in total. The monoisotopic (exact) mass is 393 g/mol. The Balaban J connectivity index is 1.55. The average Bonchev–Trinajstić information content (AvgIpc) is 2.95. The predicted octanol–water partition coefficient (Wildman–Crippen LogP) is 2.25. The number of carbonyl (C=O) groups is 1. The highest BCUT2D eigenvalue weighted by Crippen LogP contribution is 2.25. The quantitative estimate of drug-likeness (QED) is 0.698. The van der Waals surface area contributed by atoms with E-state index in [1.807, 2.05) is 42.5 Å². The molecule has 10 heteroatoms. The Labute approximate surface area is 157 Å². The third kappa shape index (κ3) is 4.16. The van der Waals surface area contributed by atoms with Crippen LogP contribution in [0.25, 0.3) is 10.8 Å². The van der Waals surface area contributed by atoms with Gasteiger partial charge in [-0.25, -0.2) is 14.3 Å². The van der Waals surface area contributed by atoms with E-state index in [0.717, 1.165) is 23.4 Å². The molecule has 3 rings (SSSR count). The van der Waals surface area contributed by atoms with Gasteiger partial charge in [-0.05, 0) is 16.3 Å². The minimum Gasteiger partial charge on any atom is -0.336 e. The summed E-state index contributed by atoms with van der Waals surface area (Å²) in [6, 6.07) is 13.0. The van der Waals surface area contributed by atoms with Crippen LogP contribution in [0, 0.1) is 0 Å². The van der Waals surface area contributed by atoms with E-state index in [2.05, 4.69) is 15.7 Å². The molecule has 1 heterocycles. The molecule has 7 nitrogen and oxygen atoms in total. The van der Waals surface area contributed by atoms with Gasteiger partial charge in [0, 0.05) is 20.1 Å². The molecule has 0 bridgehead atoms. The number of nitrogens with one attached hydrogen (secondary N) is 2. The fraction of sp³-hybridized carbons (Fsp3) is 0.278. The molecule has 0 aliphatic heterocycles. The van der Waals surface area contributed by atoms with Crippen LogP contribution in [0.4, 0.5) is 18.0 Å². The number of amides is 2. The van der Waals surface area contributed by atoms with E-state index < -0.39 is 23.7 Å². The van der Waals surface area contributed by atoms with Crippen molar-refractivity contribution in [3.05, 3.63) is 64.3 Å². The second kappa shape index (κ2) is 7.75. The fourth-order valence-electron chi connectivity index (χ4n) is 2.84. The molecule has 0 aliphatic carbocycles. The third-order valence-corrected chi connectivity index (χ3v) is 4.22. The number of carbonyl (C=O) groups excluding carboxylic acids is 1. The molecule has 1 aromatic heterocycles. The lowest BCUT2D eigenvalue weighted by Gasteiger charge is -2.09. The van der Waals surface area contributed by atoms with Crippen LogP contribution < -0.4 is 16.3 Å². The lowest BCUT2D eigenvalue weighted by atomic mass is 10.0. The molecule has 0 spiro atoms. The summed E-state index contributed by atoms with van der Waals surface area (Å²) in [7, 11) is 0.999. The van der Waals surface area contributed by atoms with Gasteiger partial charge in [0.25, 0.3) is 0 Å². The molecular weight excluding hydrogens is 375 g/mol. The van der Waals surface area contributed by atoms with Crippen LogP contribution in [0.2, 0.25) is 0 Å². The maximum atomic E-state index is 12.7. The number of aromatic nitrogens is 3. The molecule has 0 saturated heterocycles. The van der Waals surface area contributed by atoms with Crippen LogP contribution in [0.3, 0.4) is 0 Å². The number of hydrogen-bond acceptors (Lipinski definition) is 3. The van der Waals surface area contributed by atoms with Crippen LogP contribution in [-0.2, 0) is 26.3 Å². The molecule has 0 unspecified atom stereocenters. The maximum Gasteiger partial charge on any atom is 0.451 e. The third-order valence-electron chi connectivity index (χ3n) is 4.22. The first-order chi connectivity index (χ1) is 13.3. The van der Waals surface area contributed by atoms with Crippen molar-refractivity contribution in [1.82, 2.24) is 25.0 Å². The van der Waals surface area contributed by atoms with E-state index in [4.69, 9.17) is 0 Å². The Morgan fingerprint density at radius 1 is 1.11 bits per heavy atom. The highest BCUT2D eigenvalue weighted by molar-refractivity contribution is 5.86. The van der Waals surface area contributed by atoms with Gasteiger partial charge in [0.2, 0.25) is 5.82 Å². The average molecular weight is 393 g/mol. The minimum atomic E-state index is -4.72. The highest BCUT2D eigenvalue weighted by Gasteiger charge is 2.37. The predicted molar refractivity (Wildman–Crippen MR) is 96.7 cm³/mol. The number of halogens is 3. The van der Waals surface area contributed by atoms with Gasteiger partial charge in [-0.15, -0.1) is 5.10 Å². The Hall–Kier alpha value is -3.30. The van der Waals surface area contributed by atoms with Gasteiger partial charge < -0.3 is 10.6 Å². The van der Waals surface area contributed by atoms with E-state index in [9.17, 15) is 22.8 Å². The number of nitrogens with zero attached hydrogens (tertiary/aromatic N) is 3. The number of urea groups is 1. The standard InChI is InChI=1S/C18H18F3N5O2/c1-25-15(18(19,20)21)24-26(17(25)28)10-9-22-16(27)23-11-13-7-4-6-12-5-2-3-8-14(12)13/h2-8H,9-11H2,1H3,(H2,22,23,27). The summed E-state index contributed by atoms with van der Waals surface area (Å²) in [5, 5.41) is 10.5. The van der Waals surface area contributed by atoms with Crippen molar-refractivity contribution >= 4 is 16.8 Å². The van der Waals surface area contributed by atoms with Crippen molar-refractivity contribution in [2.24, 2.45) is 7.05 Å². The smallest absolute Gasteiger partial charge is 0.336 e. The van der Waals surface area contributed by atoms with Crippen molar-refractivity contribution in [2.45, 2.75) is 19.3 Å². The zero-order valence-corrected chi connectivity index (χ0v) is 15.0. The van der Waals surface area contributed by atoms with Crippen molar-refractivity contribution in [1.29, 1.82) is 0 Å². The van der Waals surface area contributed by atoms with Gasteiger partial charge in [0.05, 0.1) is 6.54 Å². The molecule has 148 valence electrons. The van der Waals surface area contributed by atoms with E-state index in [1.54, 1.807) is 0 Å². The van der Waals surface area contributed by atoms with E-state index in [0.29, 0.717) is 9.25 Å². The zero-order chi connectivity index (χ0) is 20.3. The highest BCUT2D eigenvalue weighted by atomic mass is 19.4. The van der Waals surface area contributed by atoms with Crippen molar-refractivity contribution < 1.29 is 18.0 Å². The van der Waals surface area contributed by atoms with Gasteiger partial charge in [-0.2, -0.15) is 13.2 Å². The number of rotatable bonds is 5. The summed E-state index contributed by atoms with van der Waals surface area (Å²) in [5.41, 5.74) is 0.0364. The van der Waals surface area contributed by atoms with Crippen molar-refractivity contribution in [3.63, 3.8) is 0 Å². The summed E-state index contributed by atoms with van der Waals surface area (Å²) >= 11 is 0. The lowest BCUT2D eigenvalue weighted by Crippen LogP contribution is -2.38. The summed E-state index contributed by atoms with van der Waals surface area (Å²) < 4.78 is 39.4. The summed E-state index contributed by atoms with van der Waals surface area (Å²) in [6.07, 6.45) is -4.72. The first-order valence-electron chi connectivity index (χ1n) is 8.47. The second-order valence-corrected chi connectivity index (χ2v) is 6.13. The Bertz CT molecular complexity index is 1050. The first kappa shape index (κ1) is 19.5. The Morgan fingerprint density at radius 2 is 1.82 bits per heavy atom. The number of benzene rings is 2. The normalized spacial score (nSPS) is 11.6. The van der Waals surface area contributed by atoms with Crippen LogP contribution in [0.5, 0.6) is 0 Å².